The molecule has 242 valence electrons. The third kappa shape index (κ3) is 4.91. The lowest BCUT2D eigenvalue weighted by Gasteiger charge is -2.08. The molecule has 0 radical (unpaired) electrons. The summed E-state index contributed by atoms with van der Waals surface area (Å²) in [6, 6.07) is 50.2. The molecule has 4 heterocycles. The van der Waals surface area contributed by atoms with Crippen LogP contribution in [0.15, 0.2) is 150 Å². The number of thiophene rings is 1. The van der Waals surface area contributed by atoms with Crippen molar-refractivity contribution in [1.29, 1.82) is 5.26 Å². The monoisotopic (exact) mass is 684 g/mol. The van der Waals surface area contributed by atoms with Crippen LogP contribution in [0.4, 0.5) is 0 Å². The number of hydrogen-bond donors (Lipinski definition) is 0. The van der Waals surface area contributed by atoms with E-state index in [1.165, 1.54) is 0 Å². The number of aromatic nitrogens is 5. The summed E-state index contributed by atoms with van der Waals surface area (Å²) >= 11 is 1.64. The molecule has 10 rings (SSSR count). The van der Waals surface area contributed by atoms with Gasteiger partial charge in [0.25, 0.3) is 0 Å². The molecule has 52 heavy (non-hydrogen) atoms. The van der Waals surface area contributed by atoms with Gasteiger partial charge >= 0.3 is 0 Å². The number of nitrogens with zero attached hydrogens (tertiary/aromatic N) is 6. The van der Waals surface area contributed by atoms with Gasteiger partial charge in [0.2, 0.25) is 0 Å². The zero-order valence-corrected chi connectivity index (χ0v) is 28.2. The minimum atomic E-state index is 0.529. The van der Waals surface area contributed by atoms with Crippen LogP contribution in [0.2, 0.25) is 0 Å². The van der Waals surface area contributed by atoms with Crippen molar-refractivity contribution in [3.05, 3.63) is 151 Å². The molecule has 8 heteroatoms. The fourth-order valence-corrected chi connectivity index (χ4v) is 7.88. The maximum Gasteiger partial charge on any atom is 0.164 e. The summed E-state index contributed by atoms with van der Waals surface area (Å²) in [6.45, 7) is 0. The first kappa shape index (κ1) is 29.8. The van der Waals surface area contributed by atoms with E-state index in [4.69, 9.17) is 29.3 Å². The largest absolute Gasteiger partial charge is 0.455 e. The highest BCUT2D eigenvalue weighted by molar-refractivity contribution is 7.26. The lowest BCUT2D eigenvalue weighted by atomic mass is 10.0. The molecule has 0 spiro atoms. The maximum absolute atomic E-state index is 10.0. The molecule has 0 saturated carbocycles. The van der Waals surface area contributed by atoms with Crippen LogP contribution in [0.1, 0.15) is 5.56 Å². The first-order valence-corrected chi connectivity index (χ1v) is 17.6. The lowest BCUT2D eigenvalue weighted by Crippen LogP contribution is -2.00. The second-order valence-electron chi connectivity index (χ2n) is 12.4. The van der Waals surface area contributed by atoms with Crippen LogP contribution >= 0.6 is 11.3 Å². The third-order valence-corrected chi connectivity index (χ3v) is 10.4. The van der Waals surface area contributed by atoms with Crippen LogP contribution in [0, 0.1) is 11.3 Å². The van der Waals surface area contributed by atoms with Crippen molar-refractivity contribution in [2.24, 2.45) is 0 Å². The number of hydrogen-bond acceptors (Lipinski definition) is 8. The average Bonchev–Trinajstić information content (AvgIpc) is 3.79. The van der Waals surface area contributed by atoms with Crippen molar-refractivity contribution in [2.45, 2.75) is 0 Å². The highest BCUT2D eigenvalue weighted by atomic mass is 32.1. The van der Waals surface area contributed by atoms with Crippen LogP contribution in [-0.2, 0) is 0 Å². The predicted molar refractivity (Wildman–Crippen MR) is 207 cm³/mol. The van der Waals surface area contributed by atoms with Gasteiger partial charge in [-0.2, -0.15) is 5.26 Å². The summed E-state index contributed by atoms with van der Waals surface area (Å²) in [5.41, 5.74) is 7.67. The Morgan fingerprint density at radius 3 is 1.88 bits per heavy atom. The number of nitriles is 1. The molecule has 0 aliphatic heterocycles. The Kier molecular flexibility index (Phi) is 6.91. The van der Waals surface area contributed by atoms with Gasteiger partial charge in [-0.05, 0) is 30.3 Å². The van der Waals surface area contributed by atoms with Crippen LogP contribution in [0.25, 0.3) is 99.1 Å². The van der Waals surface area contributed by atoms with E-state index in [0.29, 0.717) is 40.0 Å². The average molecular weight is 685 g/mol. The Labute approximate surface area is 301 Å². The normalized spacial score (nSPS) is 11.4. The van der Waals surface area contributed by atoms with Crippen molar-refractivity contribution < 1.29 is 4.42 Å². The molecular weight excluding hydrogens is 661 g/mol. The fraction of sp³-hybridized carbons (Fsp3) is 0. The van der Waals surface area contributed by atoms with Gasteiger partial charge in [0, 0.05) is 43.1 Å². The molecule has 7 nitrogen and oxygen atoms in total. The second kappa shape index (κ2) is 12.1. The molecule has 10 aromatic rings. The fourth-order valence-electron chi connectivity index (χ4n) is 6.73. The zero-order valence-electron chi connectivity index (χ0n) is 27.4. The highest BCUT2D eigenvalue weighted by Crippen LogP contribution is 2.42. The van der Waals surface area contributed by atoms with E-state index in [1.807, 2.05) is 121 Å². The molecule has 0 unspecified atom stereocenters. The van der Waals surface area contributed by atoms with Crippen molar-refractivity contribution in [3.8, 4) is 62.9 Å². The Bertz CT molecular complexity index is 2980. The van der Waals surface area contributed by atoms with E-state index in [9.17, 15) is 5.26 Å². The van der Waals surface area contributed by atoms with Crippen molar-refractivity contribution in [3.63, 3.8) is 0 Å². The molecule has 0 N–H and O–H groups in total. The second-order valence-corrected chi connectivity index (χ2v) is 13.4. The molecule has 0 bridgehead atoms. The Morgan fingerprint density at radius 2 is 1.13 bits per heavy atom. The standard InChI is InChI=1S/C44H24N6OS/c45-25-29-16-7-8-17-30(29)37-40-38(33-18-9-10-21-36(33)52-40)47-44(46-37)34-20-11-19-32-31-23-22-28(24-35(31)51-39(32)34)43-49-41(26-12-3-1-4-13-26)48-42(50-43)27-14-5-2-6-15-27/h1-24H. The van der Waals surface area contributed by atoms with Crippen LogP contribution in [-0.4, -0.2) is 24.9 Å². The van der Waals surface area contributed by atoms with Gasteiger partial charge in [-0.1, -0.05) is 115 Å². The maximum atomic E-state index is 10.0. The van der Waals surface area contributed by atoms with Gasteiger partial charge in [-0.15, -0.1) is 11.3 Å². The molecule has 0 aliphatic rings. The number of benzene rings is 6. The Morgan fingerprint density at radius 1 is 0.500 bits per heavy atom. The van der Waals surface area contributed by atoms with Gasteiger partial charge in [0.1, 0.15) is 11.2 Å². The van der Waals surface area contributed by atoms with E-state index < -0.39 is 0 Å². The summed E-state index contributed by atoms with van der Waals surface area (Å²) in [7, 11) is 0. The van der Waals surface area contributed by atoms with E-state index in [0.717, 1.165) is 64.6 Å². The predicted octanol–water partition coefficient (Wildman–Crippen LogP) is 11.1. The Balaban J connectivity index is 1.16. The van der Waals surface area contributed by atoms with Crippen molar-refractivity contribution in [2.75, 3.05) is 0 Å². The van der Waals surface area contributed by atoms with Crippen LogP contribution < -0.4 is 0 Å². The minimum absolute atomic E-state index is 0.529. The smallest absolute Gasteiger partial charge is 0.164 e. The number of fused-ring (bicyclic) bond motifs is 6. The van der Waals surface area contributed by atoms with Crippen LogP contribution in [0.5, 0.6) is 0 Å². The van der Waals surface area contributed by atoms with Crippen LogP contribution in [0.3, 0.4) is 0 Å². The summed E-state index contributed by atoms with van der Waals surface area (Å²) in [5, 5.41) is 13.0. The summed E-state index contributed by atoms with van der Waals surface area (Å²) in [6.07, 6.45) is 0. The minimum Gasteiger partial charge on any atom is -0.455 e. The molecule has 0 fully saturated rings. The SMILES string of the molecule is N#Cc1ccccc1-c1nc(-c2cccc3c2oc2cc(-c4nc(-c5ccccc5)nc(-c5ccccc5)n4)ccc23)nc2c1sc1ccccc12. The first-order chi connectivity index (χ1) is 25.7. The summed E-state index contributed by atoms with van der Waals surface area (Å²) in [5.74, 6) is 2.27. The number of para-hydroxylation sites is 1. The Hall–Kier alpha value is -7.08. The quantitative estimate of drug-likeness (QED) is 0.178. The third-order valence-electron chi connectivity index (χ3n) is 9.22. The topological polar surface area (TPSA) is 101 Å². The summed E-state index contributed by atoms with van der Waals surface area (Å²) in [4.78, 5) is 25.0. The molecule has 0 amide bonds. The summed E-state index contributed by atoms with van der Waals surface area (Å²) < 4.78 is 8.75. The zero-order chi connectivity index (χ0) is 34.6. The highest BCUT2D eigenvalue weighted by Gasteiger charge is 2.21. The van der Waals surface area contributed by atoms with Crippen molar-refractivity contribution >= 4 is 53.6 Å². The van der Waals surface area contributed by atoms with E-state index >= 15 is 0 Å². The van der Waals surface area contributed by atoms with Crippen molar-refractivity contribution in [1.82, 2.24) is 24.9 Å². The lowest BCUT2D eigenvalue weighted by molar-refractivity contribution is 0.669. The molecule has 0 saturated heterocycles. The van der Waals surface area contributed by atoms with E-state index in [-0.39, 0.29) is 0 Å². The van der Waals surface area contributed by atoms with Gasteiger partial charge in [-0.3, -0.25) is 0 Å². The molecular formula is C44H24N6OS. The number of furan rings is 1. The molecule has 0 aliphatic carbocycles. The first-order valence-electron chi connectivity index (χ1n) is 16.7. The van der Waals surface area contributed by atoms with E-state index in [2.05, 4.69) is 30.3 Å². The van der Waals surface area contributed by atoms with Gasteiger partial charge in [0.05, 0.1) is 33.1 Å². The number of rotatable bonds is 5. The molecule has 4 aromatic heterocycles. The van der Waals surface area contributed by atoms with Gasteiger partial charge < -0.3 is 4.42 Å². The van der Waals surface area contributed by atoms with Gasteiger partial charge in [-0.25, -0.2) is 24.9 Å². The molecule has 0 atom stereocenters. The van der Waals surface area contributed by atoms with Gasteiger partial charge in [0.15, 0.2) is 23.3 Å². The van der Waals surface area contributed by atoms with E-state index in [1.54, 1.807) is 11.3 Å². The molecule has 6 aromatic carbocycles.